The van der Waals surface area contributed by atoms with Gasteiger partial charge in [-0.05, 0) is 42.7 Å². The molecule has 118 valence electrons. The van der Waals surface area contributed by atoms with Crippen LogP contribution in [0.15, 0.2) is 0 Å². The molecule has 0 aromatic rings. The number of nitrogens with zero attached hydrogens (tertiary/aromatic N) is 1. The highest BCUT2D eigenvalue weighted by molar-refractivity contribution is 7.99. The van der Waals surface area contributed by atoms with Crippen LogP contribution in [-0.2, 0) is 0 Å². The summed E-state index contributed by atoms with van der Waals surface area (Å²) in [5.41, 5.74) is 0.838. The van der Waals surface area contributed by atoms with Crippen molar-refractivity contribution in [3.63, 3.8) is 0 Å². The molecule has 1 heterocycles. The Morgan fingerprint density at radius 2 is 1.95 bits per heavy atom. The van der Waals surface area contributed by atoms with Gasteiger partial charge in [0.1, 0.15) is 0 Å². The van der Waals surface area contributed by atoms with Crippen molar-refractivity contribution < 1.29 is 0 Å². The Balaban J connectivity index is 1.95. The monoisotopic (exact) mass is 298 g/mol. The van der Waals surface area contributed by atoms with E-state index in [2.05, 4.69) is 49.7 Å². The zero-order valence-electron chi connectivity index (χ0n) is 14.0. The third-order valence-corrected chi connectivity index (χ3v) is 6.10. The van der Waals surface area contributed by atoms with Gasteiger partial charge in [0.25, 0.3) is 0 Å². The molecule has 2 nitrogen and oxygen atoms in total. The van der Waals surface area contributed by atoms with Crippen LogP contribution in [0.5, 0.6) is 0 Å². The number of rotatable bonds is 5. The van der Waals surface area contributed by atoms with E-state index in [1.165, 1.54) is 63.2 Å². The second kappa shape index (κ2) is 7.02. The lowest BCUT2D eigenvalue weighted by atomic mass is 9.81. The molecule has 1 aliphatic carbocycles. The van der Waals surface area contributed by atoms with Crippen molar-refractivity contribution in [2.24, 2.45) is 5.41 Å². The van der Waals surface area contributed by atoms with Crippen molar-refractivity contribution in [1.29, 1.82) is 0 Å². The largest absolute Gasteiger partial charge is 0.308 e. The first-order valence-corrected chi connectivity index (χ1v) is 9.69. The number of hydrogen-bond donors (Lipinski definition) is 1. The van der Waals surface area contributed by atoms with E-state index in [9.17, 15) is 0 Å². The Hall–Kier alpha value is 0.270. The fraction of sp³-hybridized carbons (Fsp3) is 1.00. The minimum atomic E-state index is 0.380. The highest BCUT2D eigenvalue weighted by Gasteiger charge is 2.43. The SMILES string of the molecule is CCSCCCN1CC2(CCCC2)NCC1C(C)(C)C. The summed E-state index contributed by atoms with van der Waals surface area (Å²) >= 11 is 2.09. The van der Waals surface area contributed by atoms with Gasteiger partial charge in [0.05, 0.1) is 0 Å². The fourth-order valence-corrected chi connectivity index (χ4v) is 4.61. The Bertz CT molecular complexity index is 292. The lowest BCUT2D eigenvalue weighted by Crippen LogP contribution is -2.66. The van der Waals surface area contributed by atoms with Crippen molar-refractivity contribution >= 4 is 11.8 Å². The predicted molar refractivity (Wildman–Crippen MR) is 91.6 cm³/mol. The summed E-state index contributed by atoms with van der Waals surface area (Å²) < 4.78 is 0. The normalized spacial score (nSPS) is 27.3. The van der Waals surface area contributed by atoms with Gasteiger partial charge in [-0.2, -0.15) is 11.8 Å². The van der Waals surface area contributed by atoms with Gasteiger partial charge in [-0.25, -0.2) is 0 Å². The van der Waals surface area contributed by atoms with Crippen molar-refractivity contribution in [3.8, 4) is 0 Å². The summed E-state index contributed by atoms with van der Waals surface area (Å²) in [5, 5.41) is 3.94. The molecule has 1 spiro atoms. The zero-order valence-corrected chi connectivity index (χ0v) is 14.8. The molecule has 1 aliphatic heterocycles. The van der Waals surface area contributed by atoms with E-state index in [1.54, 1.807) is 0 Å². The molecule has 0 aromatic carbocycles. The van der Waals surface area contributed by atoms with Crippen LogP contribution < -0.4 is 5.32 Å². The summed E-state index contributed by atoms with van der Waals surface area (Å²) in [7, 11) is 0. The Labute approximate surface area is 130 Å². The molecule has 1 N–H and O–H groups in total. The number of thioether (sulfide) groups is 1. The first-order valence-electron chi connectivity index (χ1n) is 8.54. The topological polar surface area (TPSA) is 15.3 Å². The van der Waals surface area contributed by atoms with Crippen LogP contribution in [0.3, 0.4) is 0 Å². The summed E-state index contributed by atoms with van der Waals surface area (Å²) in [4.78, 5) is 2.82. The minimum Gasteiger partial charge on any atom is -0.308 e. The minimum absolute atomic E-state index is 0.380. The lowest BCUT2D eigenvalue weighted by molar-refractivity contribution is 0.0242. The Morgan fingerprint density at radius 3 is 2.55 bits per heavy atom. The third kappa shape index (κ3) is 4.14. The Kier molecular flexibility index (Phi) is 5.84. The van der Waals surface area contributed by atoms with Crippen LogP contribution in [0, 0.1) is 5.41 Å². The maximum Gasteiger partial charge on any atom is 0.0309 e. The highest BCUT2D eigenvalue weighted by atomic mass is 32.2. The van der Waals surface area contributed by atoms with Crippen molar-refractivity contribution in [2.45, 2.75) is 71.4 Å². The summed E-state index contributed by atoms with van der Waals surface area (Å²) in [6.45, 7) is 13.2. The Morgan fingerprint density at radius 1 is 1.25 bits per heavy atom. The van der Waals surface area contributed by atoms with Gasteiger partial charge in [-0.1, -0.05) is 40.5 Å². The molecule has 2 fully saturated rings. The van der Waals surface area contributed by atoms with Gasteiger partial charge in [0, 0.05) is 24.7 Å². The third-order valence-electron chi connectivity index (χ3n) is 5.12. The molecule has 0 radical (unpaired) electrons. The maximum absolute atomic E-state index is 3.94. The second-order valence-electron chi connectivity index (χ2n) is 7.77. The van der Waals surface area contributed by atoms with Gasteiger partial charge in [0.15, 0.2) is 0 Å². The van der Waals surface area contributed by atoms with E-state index in [0.29, 0.717) is 17.0 Å². The average molecular weight is 299 g/mol. The molecular weight excluding hydrogens is 264 g/mol. The molecule has 1 saturated heterocycles. The molecule has 20 heavy (non-hydrogen) atoms. The molecule has 0 bridgehead atoms. The van der Waals surface area contributed by atoms with Gasteiger partial charge in [-0.15, -0.1) is 0 Å². The first-order chi connectivity index (χ1) is 9.47. The lowest BCUT2D eigenvalue weighted by Gasteiger charge is -2.51. The first kappa shape index (κ1) is 16.6. The number of piperazine rings is 1. The number of hydrogen-bond acceptors (Lipinski definition) is 3. The van der Waals surface area contributed by atoms with Crippen molar-refractivity contribution in [3.05, 3.63) is 0 Å². The average Bonchev–Trinajstić information content (AvgIpc) is 2.81. The molecule has 1 atom stereocenters. The quantitative estimate of drug-likeness (QED) is 0.778. The van der Waals surface area contributed by atoms with Crippen LogP contribution in [0.2, 0.25) is 0 Å². The van der Waals surface area contributed by atoms with E-state index in [1.807, 2.05) is 0 Å². The van der Waals surface area contributed by atoms with E-state index >= 15 is 0 Å². The molecule has 0 amide bonds. The van der Waals surface area contributed by atoms with E-state index < -0.39 is 0 Å². The van der Waals surface area contributed by atoms with Crippen molar-refractivity contribution in [1.82, 2.24) is 10.2 Å². The van der Waals surface area contributed by atoms with E-state index in [0.717, 1.165) is 0 Å². The molecule has 1 unspecified atom stereocenters. The predicted octanol–water partition coefficient (Wildman–Crippen LogP) is 3.76. The summed E-state index contributed by atoms with van der Waals surface area (Å²) in [6.07, 6.45) is 6.98. The van der Waals surface area contributed by atoms with Crippen LogP contribution >= 0.6 is 11.8 Å². The van der Waals surface area contributed by atoms with Crippen LogP contribution in [-0.4, -0.2) is 47.6 Å². The maximum atomic E-state index is 3.94. The van der Waals surface area contributed by atoms with E-state index in [4.69, 9.17) is 0 Å². The van der Waals surface area contributed by atoms with Crippen LogP contribution in [0.1, 0.15) is 59.8 Å². The second-order valence-corrected chi connectivity index (χ2v) is 9.16. The van der Waals surface area contributed by atoms with Crippen molar-refractivity contribution in [2.75, 3.05) is 31.1 Å². The molecule has 2 aliphatic rings. The molecule has 3 heteroatoms. The molecule has 1 saturated carbocycles. The summed E-state index contributed by atoms with van der Waals surface area (Å²) in [5.74, 6) is 2.58. The summed E-state index contributed by atoms with van der Waals surface area (Å²) in [6, 6.07) is 0.695. The highest BCUT2D eigenvalue weighted by Crippen LogP contribution is 2.36. The van der Waals surface area contributed by atoms with E-state index in [-0.39, 0.29) is 0 Å². The number of nitrogens with one attached hydrogen (secondary N) is 1. The zero-order chi connectivity index (χ0) is 14.6. The molecule has 0 aromatic heterocycles. The molecular formula is C17H34N2S. The standard InChI is InChI=1S/C17H34N2S/c1-5-20-12-8-11-19-14-17(9-6-7-10-17)18-13-15(19)16(2,3)4/h15,18H,5-14H2,1-4H3. The molecule has 2 rings (SSSR count). The fourth-order valence-electron chi connectivity index (χ4n) is 3.99. The van der Waals surface area contributed by atoms with Gasteiger partial charge >= 0.3 is 0 Å². The smallest absolute Gasteiger partial charge is 0.0309 e. The van der Waals surface area contributed by atoms with Crippen LogP contribution in [0.4, 0.5) is 0 Å². The van der Waals surface area contributed by atoms with Gasteiger partial charge < -0.3 is 5.32 Å². The van der Waals surface area contributed by atoms with Crippen LogP contribution in [0.25, 0.3) is 0 Å². The van der Waals surface area contributed by atoms with Gasteiger partial charge in [0.2, 0.25) is 0 Å². The van der Waals surface area contributed by atoms with Gasteiger partial charge in [-0.3, -0.25) is 4.90 Å².